The quantitative estimate of drug-likeness (QED) is 0.809. The number of hydrogen-bond donors (Lipinski definition) is 1. The molecule has 1 N–H and O–H groups in total. The van der Waals surface area contributed by atoms with Crippen LogP contribution in [0, 0.1) is 5.82 Å². The van der Waals surface area contributed by atoms with E-state index in [1.165, 1.54) is 17.2 Å². The number of nitrogens with zero attached hydrogens (tertiary/aromatic N) is 2. The molecule has 1 heterocycles. The van der Waals surface area contributed by atoms with Crippen LogP contribution in [-0.2, 0) is 13.0 Å². The number of carbonyl (C=O) groups excluding carboxylic acids is 1. The molecule has 0 radical (unpaired) electrons. The van der Waals surface area contributed by atoms with Gasteiger partial charge in [0.1, 0.15) is 5.82 Å². The average molecular weight is 355 g/mol. The Balaban J connectivity index is 1.44. The topological polar surface area (TPSA) is 35.6 Å². The highest BCUT2D eigenvalue weighted by Crippen LogP contribution is 2.19. The molecule has 4 nitrogen and oxygen atoms in total. The van der Waals surface area contributed by atoms with E-state index in [0.29, 0.717) is 17.8 Å². The first kappa shape index (κ1) is 18.4. The molecule has 0 atom stereocenters. The highest BCUT2D eigenvalue weighted by atomic mass is 19.1. The van der Waals surface area contributed by atoms with Gasteiger partial charge >= 0.3 is 0 Å². The zero-order valence-corrected chi connectivity index (χ0v) is 15.5. The van der Waals surface area contributed by atoms with E-state index in [1.54, 1.807) is 31.1 Å². The molecule has 0 saturated heterocycles. The van der Waals surface area contributed by atoms with Crippen molar-refractivity contribution in [2.24, 2.45) is 0 Å². The second-order valence-electron chi connectivity index (χ2n) is 6.96. The van der Waals surface area contributed by atoms with Crippen LogP contribution in [0.5, 0.6) is 0 Å². The van der Waals surface area contributed by atoms with Crippen LogP contribution < -0.4 is 10.2 Å². The molecule has 2 aromatic rings. The van der Waals surface area contributed by atoms with E-state index in [9.17, 15) is 9.18 Å². The highest BCUT2D eigenvalue weighted by Gasteiger charge is 2.15. The summed E-state index contributed by atoms with van der Waals surface area (Å²) in [5.41, 5.74) is 3.69. The van der Waals surface area contributed by atoms with Crippen LogP contribution in [0.3, 0.4) is 0 Å². The fraction of sp³-hybridized carbons (Fsp3) is 0.381. The van der Waals surface area contributed by atoms with Crippen LogP contribution in [0.1, 0.15) is 27.9 Å². The van der Waals surface area contributed by atoms with Crippen molar-refractivity contribution in [1.29, 1.82) is 0 Å². The van der Waals surface area contributed by atoms with Gasteiger partial charge in [-0.2, -0.15) is 0 Å². The van der Waals surface area contributed by atoms with Gasteiger partial charge in [-0.3, -0.25) is 9.69 Å². The predicted molar refractivity (Wildman–Crippen MR) is 103 cm³/mol. The van der Waals surface area contributed by atoms with E-state index < -0.39 is 0 Å². The maximum absolute atomic E-state index is 14.0. The summed E-state index contributed by atoms with van der Waals surface area (Å²) in [4.78, 5) is 16.3. The summed E-state index contributed by atoms with van der Waals surface area (Å²) >= 11 is 0. The first-order chi connectivity index (χ1) is 12.5. The van der Waals surface area contributed by atoms with Gasteiger partial charge in [0.25, 0.3) is 5.91 Å². The molecular weight excluding hydrogens is 329 g/mol. The lowest BCUT2D eigenvalue weighted by Gasteiger charge is -2.28. The Labute approximate surface area is 154 Å². The minimum absolute atomic E-state index is 0.224. The first-order valence-electron chi connectivity index (χ1n) is 9.09. The van der Waals surface area contributed by atoms with Gasteiger partial charge in [-0.05, 0) is 42.2 Å². The van der Waals surface area contributed by atoms with E-state index in [-0.39, 0.29) is 11.7 Å². The summed E-state index contributed by atoms with van der Waals surface area (Å²) in [7, 11) is 3.55. The molecule has 1 aliphatic heterocycles. The van der Waals surface area contributed by atoms with Gasteiger partial charge in [-0.25, -0.2) is 4.39 Å². The number of rotatable bonds is 6. The molecule has 0 saturated carbocycles. The number of halogens is 1. The summed E-state index contributed by atoms with van der Waals surface area (Å²) in [6.07, 6.45) is 1.96. The van der Waals surface area contributed by atoms with Gasteiger partial charge in [0.2, 0.25) is 0 Å². The van der Waals surface area contributed by atoms with Crippen LogP contribution in [0.15, 0.2) is 42.5 Å². The van der Waals surface area contributed by atoms with Gasteiger partial charge in [0.05, 0.1) is 5.69 Å². The largest absolute Gasteiger partial charge is 0.375 e. The monoisotopic (exact) mass is 355 g/mol. The lowest BCUT2D eigenvalue weighted by atomic mass is 10.00. The van der Waals surface area contributed by atoms with Crippen molar-refractivity contribution in [3.05, 3.63) is 65.0 Å². The smallest absolute Gasteiger partial charge is 0.251 e. The van der Waals surface area contributed by atoms with Crippen LogP contribution in [0.4, 0.5) is 10.1 Å². The predicted octanol–water partition coefficient (Wildman–Crippen LogP) is 3.07. The third kappa shape index (κ3) is 4.41. The van der Waals surface area contributed by atoms with Gasteiger partial charge in [0.15, 0.2) is 0 Å². The zero-order valence-electron chi connectivity index (χ0n) is 15.5. The zero-order chi connectivity index (χ0) is 18.5. The van der Waals surface area contributed by atoms with Crippen molar-refractivity contribution in [2.45, 2.75) is 19.4 Å². The number of fused-ring (bicyclic) bond motifs is 1. The maximum atomic E-state index is 14.0. The molecule has 5 heteroatoms. The summed E-state index contributed by atoms with van der Waals surface area (Å²) in [5, 5.41) is 2.89. The molecule has 138 valence electrons. The maximum Gasteiger partial charge on any atom is 0.251 e. The number of carbonyl (C=O) groups is 1. The van der Waals surface area contributed by atoms with Gasteiger partial charge < -0.3 is 10.2 Å². The molecule has 1 aliphatic rings. The number of hydrogen-bond acceptors (Lipinski definition) is 3. The van der Waals surface area contributed by atoms with Crippen molar-refractivity contribution in [2.75, 3.05) is 38.6 Å². The normalized spacial score (nSPS) is 14.0. The minimum atomic E-state index is -0.380. The number of benzene rings is 2. The van der Waals surface area contributed by atoms with Gasteiger partial charge in [-0.15, -0.1) is 0 Å². The summed E-state index contributed by atoms with van der Waals surface area (Å²) in [6, 6.07) is 13.2. The second-order valence-corrected chi connectivity index (χ2v) is 6.96. The number of anilines is 1. The molecule has 2 aromatic carbocycles. The Morgan fingerprint density at radius 3 is 2.69 bits per heavy atom. The van der Waals surface area contributed by atoms with E-state index in [0.717, 1.165) is 32.5 Å². The third-order valence-electron chi connectivity index (χ3n) is 4.84. The minimum Gasteiger partial charge on any atom is -0.375 e. The van der Waals surface area contributed by atoms with E-state index in [1.807, 2.05) is 0 Å². The molecule has 1 amide bonds. The molecule has 3 rings (SSSR count). The van der Waals surface area contributed by atoms with Crippen LogP contribution >= 0.6 is 0 Å². The summed E-state index contributed by atoms with van der Waals surface area (Å²) < 4.78 is 14.0. The molecule has 0 fully saturated rings. The fourth-order valence-corrected chi connectivity index (χ4v) is 3.36. The Morgan fingerprint density at radius 1 is 1.19 bits per heavy atom. The lowest BCUT2D eigenvalue weighted by Crippen LogP contribution is -2.33. The van der Waals surface area contributed by atoms with E-state index >= 15 is 0 Å². The Kier molecular flexibility index (Phi) is 5.89. The standard InChI is InChI=1S/C21H26FN3O/c1-24(2)20-9-8-17(14-19(20)22)21(26)23-11-5-12-25-13-10-16-6-3-4-7-18(16)15-25/h3-4,6-9,14H,5,10-13,15H2,1-2H3,(H,23,26). The van der Waals surface area contributed by atoms with E-state index in [2.05, 4.69) is 34.5 Å². The Morgan fingerprint density at radius 2 is 1.96 bits per heavy atom. The average Bonchev–Trinajstić information content (AvgIpc) is 2.64. The Hall–Kier alpha value is -2.40. The second kappa shape index (κ2) is 8.32. The van der Waals surface area contributed by atoms with Crippen molar-refractivity contribution >= 4 is 11.6 Å². The molecule has 0 bridgehead atoms. The fourth-order valence-electron chi connectivity index (χ4n) is 3.36. The van der Waals surface area contributed by atoms with Crippen molar-refractivity contribution in [3.63, 3.8) is 0 Å². The molecule has 26 heavy (non-hydrogen) atoms. The molecule has 0 aliphatic carbocycles. The molecule has 0 spiro atoms. The first-order valence-corrected chi connectivity index (χ1v) is 9.09. The van der Waals surface area contributed by atoms with Crippen molar-refractivity contribution in [3.8, 4) is 0 Å². The van der Waals surface area contributed by atoms with Crippen molar-refractivity contribution in [1.82, 2.24) is 10.2 Å². The Bertz CT molecular complexity index is 776. The molecular formula is C21H26FN3O. The molecule has 0 aromatic heterocycles. The summed E-state index contributed by atoms with van der Waals surface area (Å²) in [5.74, 6) is -0.604. The SMILES string of the molecule is CN(C)c1ccc(C(=O)NCCCN2CCc3ccccc3C2)cc1F. The van der Waals surface area contributed by atoms with Crippen LogP contribution in [0.2, 0.25) is 0 Å². The number of nitrogens with one attached hydrogen (secondary N) is 1. The molecule has 0 unspecified atom stereocenters. The van der Waals surface area contributed by atoms with Crippen LogP contribution in [-0.4, -0.2) is 44.5 Å². The van der Waals surface area contributed by atoms with E-state index in [4.69, 9.17) is 0 Å². The van der Waals surface area contributed by atoms with Crippen LogP contribution in [0.25, 0.3) is 0 Å². The highest BCUT2D eigenvalue weighted by molar-refractivity contribution is 5.94. The third-order valence-corrected chi connectivity index (χ3v) is 4.84. The number of amides is 1. The lowest BCUT2D eigenvalue weighted by molar-refractivity contribution is 0.0951. The van der Waals surface area contributed by atoms with Crippen molar-refractivity contribution < 1.29 is 9.18 Å². The van der Waals surface area contributed by atoms with Gasteiger partial charge in [0, 0.05) is 45.8 Å². The van der Waals surface area contributed by atoms with Gasteiger partial charge in [-0.1, -0.05) is 24.3 Å². The summed E-state index contributed by atoms with van der Waals surface area (Å²) in [6.45, 7) is 3.57.